The van der Waals surface area contributed by atoms with Gasteiger partial charge in [0.25, 0.3) is 0 Å². The van der Waals surface area contributed by atoms with E-state index in [0.717, 1.165) is 35.4 Å². The fourth-order valence-corrected chi connectivity index (χ4v) is 2.80. The van der Waals surface area contributed by atoms with Crippen molar-refractivity contribution in [1.29, 1.82) is 0 Å². The molecule has 102 valence electrons. The van der Waals surface area contributed by atoms with Crippen molar-refractivity contribution in [2.24, 2.45) is 0 Å². The van der Waals surface area contributed by atoms with Gasteiger partial charge in [-0.1, -0.05) is 18.2 Å². The average molecular weight is 268 g/mol. The highest BCUT2D eigenvalue weighted by atomic mass is 15.6. The lowest BCUT2D eigenvalue weighted by Gasteiger charge is -2.04. The van der Waals surface area contributed by atoms with Gasteiger partial charge in [-0.2, -0.15) is 0 Å². The van der Waals surface area contributed by atoms with Crippen LogP contribution in [0.4, 0.5) is 0 Å². The van der Waals surface area contributed by atoms with E-state index in [9.17, 15) is 0 Å². The molecule has 0 bridgehead atoms. The fraction of sp³-hybridized carbons (Fsp3) is 0.357. The molecule has 0 aliphatic carbocycles. The SMILES string of the molecule is c1ccc2c(-n3nnc(CC4CCCN4)n3)c[nH]c2c1. The van der Waals surface area contributed by atoms with Gasteiger partial charge >= 0.3 is 0 Å². The number of aromatic nitrogens is 5. The molecule has 20 heavy (non-hydrogen) atoms. The summed E-state index contributed by atoms with van der Waals surface area (Å²) in [4.78, 5) is 4.84. The van der Waals surface area contributed by atoms with Gasteiger partial charge in [0, 0.05) is 29.6 Å². The first-order valence-corrected chi connectivity index (χ1v) is 6.99. The molecule has 1 atom stereocenters. The van der Waals surface area contributed by atoms with Crippen LogP contribution in [-0.4, -0.2) is 37.8 Å². The first-order chi connectivity index (χ1) is 9.90. The van der Waals surface area contributed by atoms with Crippen LogP contribution in [0.25, 0.3) is 16.6 Å². The van der Waals surface area contributed by atoms with Crippen LogP contribution in [-0.2, 0) is 6.42 Å². The van der Waals surface area contributed by atoms with Gasteiger partial charge < -0.3 is 10.3 Å². The minimum Gasteiger partial charge on any atom is -0.359 e. The van der Waals surface area contributed by atoms with Crippen LogP contribution >= 0.6 is 0 Å². The van der Waals surface area contributed by atoms with Crippen LogP contribution in [0.1, 0.15) is 18.7 Å². The van der Waals surface area contributed by atoms with Crippen LogP contribution in [0.2, 0.25) is 0 Å². The first kappa shape index (κ1) is 11.6. The molecule has 6 heteroatoms. The van der Waals surface area contributed by atoms with Crippen molar-refractivity contribution in [3.8, 4) is 5.69 Å². The molecule has 6 nitrogen and oxygen atoms in total. The lowest BCUT2D eigenvalue weighted by Crippen LogP contribution is -2.24. The molecule has 2 N–H and O–H groups in total. The number of fused-ring (bicyclic) bond motifs is 1. The quantitative estimate of drug-likeness (QED) is 0.754. The molecular weight excluding hydrogens is 252 g/mol. The third-order valence-corrected chi connectivity index (χ3v) is 3.83. The topological polar surface area (TPSA) is 71.4 Å². The number of nitrogens with zero attached hydrogens (tertiary/aromatic N) is 4. The standard InChI is InChI=1S/C14H16N6/c1-2-6-12-11(5-1)13(9-16-12)20-18-14(17-19-20)8-10-4-3-7-15-10/h1-2,5-6,9-10,15-16H,3-4,7-8H2. The summed E-state index contributed by atoms with van der Waals surface area (Å²) in [6.45, 7) is 1.10. The van der Waals surface area contributed by atoms with Gasteiger partial charge in [0.2, 0.25) is 0 Å². The predicted molar refractivity (Wildman–Crippen MR) is 75.7 cm³/mol. The zero-order valence-corrected chi connectivity index (χ0v) is 11.1. The molecule has 1 saturated heterocycles. The van der Waals surface area contributed by atoms with Gasteiger partial charge in [-0.25, -0.2) is 0 Å². The Morgan fingerprint density at radius 2 is 2.25 bits per heavy atom. The van der Waals surface area contributed by atoms with E-state index in [1.165, 1.54) is 12.8 Å². The normalized spacial score (nSPS) is 18.9. The highest BCUT2D eigenvalue weighted by Gasteiger charge is 2.17. The van der Waals surface area contributed by atoms with E-state index < -0.39 is 0 Å². The van der Waals surface area contributed by atoms with Crippen LogP contribution in [0.3, 0.4) is 0 Å². The molecule has 1 aromatic carbocycles. The van der Waals surface area contributed by atoms with Crippen molar-refractivity contribution in [3.05, 3.63) is 36.3 Å². The molecule has 1 unspecified atom stereocenters. The second-order valence-corrected chi connectivity index (χ2v) is 5.21. The molecule has 1 fully saturated rings. The number of tetrazole rings is 1. The molecule has 2 aromatic heterocycles. The van der Waals surface area contributed by atoms with E-state index in [1.54, 1.807) is 4.80 Å². The Morgan fingerprint density at radius 3 is 3.15 bits per heavy atom. The number of hydrogen-bond acceptors (Lipinski definition) is 4. The smallest absolute Gasteiger partial charge is 0.176 e. The van der Waals surface area contributed by atoms with Crippen molar-refractivity contribution in [2.75, 3.05) is 6.54 Å². The summed E-state index contributed by atoms with van der Waals surface area (Å²) in [7, 11) is 0. The summed E-state index contributed by atoms with van der Waals surface area (Å²) < 4.78 is 0. The molecule has 3 heterocycles. The molecule has 3 aromatic rings. The van der Waals surface area contributed by atoms with Gasteiger partial charge in [-0.15, -0.1) is 15.0 Å². The lowest BCUT2D eigenvalue weighted by molar-refractivity contribution is 0.584. The second-order valence-electron chi connectivity index (χ2n) is 5.21. The monoisotopic (exact) mass is 268 g/mol. The van der Waals surface area contributed by atoms with E-state index in [-0.39, 0.29) is 0 Å². The minimum absolute atomic E-state index is 0.496. The molecule has 0 spiro atoms. The summed E-state index contributed by atoms with van der Waals surface area (Å²) >= 11 is 0. The van der Waals surface area contributed by atoms with Crippen LogP contribution in [0, 0.1) is 0 Å². The Kier molecular flexibility index (Phi) is 2.74. The van der Waals surface area contributed by atoms with E-state index in [0.29, 0.717) is 6.04 Å². The number of H-pyrrole nitrogens is 1. The average Bonchev–Trinajstić information content (AvgIpc) is 3.18. The first-order valence-electron chi connectivity index (χ1n) is 6.99. The summed E-state index contributed by atoms with van der Waals surface area (Å²) in [6.07, 6.45) is 5.20. The summed E-state index contributed by atoms with van der Waals surface area (Å²) in [6, 6.07) is 8.62. The zero-order chi connectivity index (χ0) is 13.4. The molecular formula is C14H16N6. The van der Waals surface area contributed by atoms with Gasteiger partial charge in [0.05, 0.1) is 0 Å². The Labute approximate surface area is 116 Å². The number of benzene rings is 1. The summed E-state index contributed by atoms with van der Waals surface area (Å²) in [5, 5.41) is 17.4. The molecule has 0 saturated carbocycles. The number of rotatable bonds is 3. The van der Waals surface area contributed by atoms with Crippen LogP contribution < -0.4 is 5.32 Å². The number of hydrogen-bond donors (Lipinski definition) is 2. The van der Waals surface area contributed by atoms with E-state index in [1.807, 2.05) is 24.4 Å². The molecule has 4 rings (SSSR count). The third kappa shape index (κ3) is 1.98. The molecule has 1 aliphatic heterocycles. The molecule has 0 amide bonds. The maximum atomic E-state index is 4.50. The molecule has 1 aliphatic rings. The largest absolute Gasteiger partial charge is 0.359 e. The second kappa shape index (κ2) is 4.72. The Bertz CT molecular complexity index is 722. The van der Waals surface area contributed by atoms with E-state index in [2.05, 4.69) is 31.8 Å². The van der Waals surface area contributed by atoms with Crippen molar-refractivity contribution >= 4 is 10.9 Å². The Morgan fingerprint density at radius 1 is 1.30 bits per heavy atom. The number of nitrogens with one attached hydrogen (secondary N) is 2. The van der Waals surface area contributed by atoms with E-state index in [4.69, 9.17) is 0 Å². The van der Waals surface area contributed by atoms with E-state index >= 15 is 0 Å². The van der Waals surface area contributed by atoms with Crippen molar-refractivity contribution in [3.63, 3.8) is 0 Å². The Balaban J connectivity index is 1.64. The third-order valence-electron chi connectivity index (χ3n) is 3.83. The predicted octanol–water partition coefficient (Wildman–Crippen LogP) is 1.44. The zero-order valence-electron chi connectivity index (χ0n) is 11.1. The van der Waals surface area contributed by atoms with Gasteiger partial charge in [-0.3, -0.25) is 0 Å². The number of para-hydroxylation sites is 1. The van der Waals surface area contributed by atoms with Gasteiger partial charge in [0.1, 0.15) is 5.69 Å². The van der Waals surface area contributed by atoms with Gasteiger partial charge in [-0.05, 0) is 30.7 Å². The van der Waals surface area contributed by atoms with Crippen molar-refractivity contribution in [1.82, 2.24) is 30.5 Å². The number of aromatic amines is 1. The highest BCUT2D eigenvalue weighted by Crippen LogP contribution is 2.20. The van der Waals surface area contributed by atoms with Crippen molar-refractivity contribution < 1.29 is 0 Å². The summed E-state index contributed by atoms with van der Waals surface area (Å²) in [5.74, 6) is 0.801. The molecule has 0 radical (unpaired) electrons. The maximum absolute atomic E-state index is 4.50. The minimum atomic E-state index is 0.496. The van der Waals surface area contributed by atoms with Gasteiger partial charge in [0.15, 0.2) is 5.82 Å². The lowest BCUT2D eigenvalue weighted by atomic mass is 10.1. The highest BCUT2D eigenvalue weighted by molar-refractivity contribution is 5.87. The van der Waals surface area contributed by atoms with Crippen LogP contribution in [0.5, 0.6) is 0 Å². The summed E-state index contributed by atoms with van der Waals surface area (Å²) in [5.41, 5.74) is 2.03. The Hall–Kier alpha value is -2.21. The fourth-order valence-electron chi connectivity index (χ4n) is 2.80. The van der Waals surface area contributed by atoms with Crippen molar-refractivity contribution in [2.45, 2.75) is 25.3 Å². The maximum Gasteiger partial charge on any atom is 0.176 e. The van der Waals surface area contributed by atoms with Crippen LogP contribution in [0.15, 0.2) is 30.5 Å².